The van der Waals surface area contributed by atoms with Gasteiger partial charge in [0.05, 0.1) is 16.7 Å². The number of fused-ring (bicyclic) bond motifs is 1. The maximum absolute atomic E-state index is 12.5. The highest BCUT2D eigenvalue weighted by molar-refractivity contribution is 9.09. The third-order valence-electron chi connectivity index (χ3n) is 4.71. The van der Waals surface area contributed by atoms with Crippen LogP contribution in [0.1, 0.15) is 12.2 Å². The van der Waals surface area contributed by atoms with Crippen LogP contribution < -0.4 is 5.32 Å². The highest BCUT2D eigenvalue weighted by Gasteiger charge is 2.67. The lowest BCUT2D eigenvalue weighted by Gasteiger charge is -2.27. The Morgan fingerprint density at radius 1 is 1.50 bits per heavy atom. The Morgan fingerprint density at radius 2 is 2.30 bits per heavy atom. The van der Waals surface area contributed by atoms with Crippen molar-refractivity contribution in [1.82, 2.24) is 5.16 Å². The van der Waals surface area contributed by atoms with Crippen molar-refractivity contribution in [2.24, 2.45) is 23.7 Å². The highest BCUT2D eigenvalue weighted by atomic mass is 79.9. The molecule has 2 saturated carbocycles. The number of amides is 1. The quantitative estimate of drug-likeness (QED) is 0.651. The zero-order valence-corrected chi connectivity index (χ0v) is 12.3. The van der Waals surface area contributed by atoms with Crippen molar-refractivity contribution < 1.29 is 18.8 Å². The minimum atomic E-state index is -0.340. The summed E-state index contributed by atoms with van der Waals surface area (Å²) < 4.78 is 10.3. The molecule has 0 unspecified atom stereocenters. The molecule has 6 atom stereocenters. The zero-order valence-electron chi connectivity index (χ0n) is 10.7. The number of halogens is 1. The van der Waals surface area contributed by atoms with Gasteiger partial charge < -0.3 is 14.6 Å². The largest absolute Gasteiger partial charge is 0.461 e. The summed E-state index contributed by atoms with van der Waals surface area (Å²) in [5.41, 5.74) is 0. The molecule has 4 rings (SSSR count). The second-order valence-electron chi connectivity index (χ2n) is 5.77. The minimum absolute atomic E-state index is 0.0594. The summed E-state index contributed by atoms with van der Waals surface area (Å²) in [6.07, 6.45) is 0.809. The highest BCUT2D eigenvalue weighted by Crippen LogP contribution is 2.59. The van der Waals surface area contributed by atoms with Crippen molar-refractivity contribution in [3.63, 3.8) is 0 Å². The van der Waals surface area contributed by atoms with Crippen LogP contribution >= 0.6 is 15.9 Å². The van der Waals surface area contributed by atoms with Crippen LogP contribution in [-0.4, -0.2) is 28.0 Å². The first-order valence-electron chi connectivity index (χ1n) is 6.65. The molecule has 1 aromatic heterocycles. The van der Waals surface area contributed by atoms with E-state index in [9.17, 15) is 9.59 Å². The number of aromatic nitrogens is 1. The maximum atomic E-state index is 12.5. The van der Waals surface area contributed by atoms with Gasteiger partial charge in [0.15, 0.2) is 5.82 Å². The van der Waals surface area contributed by atoms with Gasteiger partial charge in [-0.15, -0.1) is 0 Å². The second-order valence-corrected chi connectivity index (χ2v) is 6.83. The molecule has 1 aromatic rings. The van der Waals surface area contributed by atoms with Crippen LogP contribution in [-0.2, 0) is 14.3 Å². The van der Waals surface area contributed by atoms with Crippen LogP contribution in [0.15, 0.2) is 10.6 Å². The number of aryl methyl sites for hydroxylation is 1. The summed E-state index contributed by atoms with van der Waals surface area (Å²) in [5, 5.41) is 6.49. The Balaban J connectivity index is 1.59. The van der Waals surface area contributed by atoms with E-state index in [1.54, 1.807) is 13.0 Å². The Kier molecular flexibility index (Phi) is 2.52. The van der Waals surface area contributed by atoms with Gasteiger partial charge in [-0.05, 0) is 19.3 Å². The van der Waals surface area contributed by atoms with Gasteiger partial charge in [-0.2, -0.15) is 0 Å². The van der Waals surface area contributed by atoms with E-state index < -0.39 is 0 Å². The van der Waals surface area contributed by atoms with Crippen molar-refractivity contribution in [2.45, 2.75) is 24.3 Å². The number of nitrogens with one attached hydrogen (secondary N) is 1. The van der Waals surface area contributed by atoms with E-state index in [1.807, 2.05) is 0 Å². The lowest BCUT2D eigenvalue weighted by atomic mass is 9.79. The molecule has 0 spiro atoms. The average Bonchev–Trinajstić information content (AvgIpc) is 3.08. The summed E-state index contributed by atoms with van der Waals surface area (Å²) in [7, 11) is 0. The number of nitrogens with zero attached hydrogens (tertiary/aromatic N) is 1. The first-order chi connectivity index (χ1) is 9.56. The van der Waals surface area contributed by atoms with Gasteiger partial charge >= 0.3 is 5.97 Å². The fourth-order valence-corrected chi connectivity index (χ4v) is 5.01. The van der Waals surface area contributed by atoms with Gasteiger partial charge in [0.1, 0.15) is 11.9 Å². The van der Waals surface area contributed by atoms with Crippen molar-refractivity contribution in [1.29, 1.82) is 0 Å². The Labute approximate surface area is 123 Å². The molecular formula is C13H13BrN2O4. The molecule has 0 radical (unpaired) electrons. The number of ether oxygens (including phenoxy) is 1. The molecule has 2 heterocycles. The van der Waals surface area contributed by atoms with E-state index in [4.69, 9.17) is 9.26 Å². The van der Waals surface area contributed by atoms with E-state index >= 15 is 0 Å². The molecule has 1 aliphatic heterocycles. The van der Waals surface area contributed by atoms with Crippen LogP contribution in [0, 0.1) is 30.6 Å². The summed E-state index contributed by atoms with van der Waals surface area (Å²) >= 11 is 3.58. The minimum Gasteiger partial charge on any atom is -0.461 e. The number of anilines is 1. The first kappa shape index (κ1) is 12.4. The van der Waals surface area contributed by atoms with Crippen LogP contribution in [0.25, 0.3) is 0 Å². The Hall–Kier alpha value is -1.37. The summed E-state index contributed by atoms with van der Waals surface area (Å²) in [6.45, 7) is 1.76. The predicted octanol–water partition coefficient (Wildman–Crippen LogP) is 1.49. The molecule has 1 N–H and O–H groups in total. The van der Waals surface area contributed by atoms with Gasteiger partial charge in [0, 0.05) is 12.0 Å². The van der Waals surface area contributed by atoms with E-state index in [-0.39, 0.29) is 46.5 Å². The number of alkyl halides is 1. The van der Waals surface area contributed by atoms with Crippen LogP contribution in [0.2, 0.25) is 0 Å². The fraction of sp³-hybridized carbons (Fsp3) is 0.615. The number of esters is 1. The number of hydrogen-bond acceptors (Lipinski definition) is 5. The molecule has 2 bridgehead atoms. The number of rotatable bonds is 2. The van der Waals surface area contributed by atoms with Gasteiger partial charge in [0.25, 0.3) is 0 Å². The monoisotopic (exact) mass is 340 g/mol. The molecule has 6 nitrogen and oxygen atoms in total. The molecule has 7 heteroatoms. The molecule has 106 valence electrons. The summed E-state index contributed by atoms with van der Waals surface area (Å²) in [5.74, 6) is 0.301. The van der Waals surface area contributed by atoms with E-state index in [0.29, 0.717) is 11.6 Å². The first-order valence-corrected chi connectivity index (χ1v) is 7.56. The number of carbonyl (C=O) groups is 2. The van der Waals surface area contributed by atoms with Crippen molar-refractivity contribution in [3.05, 3.63) is 11.8 Å². The van der Waals surface area contributed by atoms with Crippen LogP contribution in [0.3, 0.4) is 0 Å². The molecule has 0 aromatic carbocycles. The smallest absolute Gasteiger partial charge is 0.310 e. The molecular weight excluding hydrogens is 328 g/mol. The lowest BCUT2D eigenvalue weighted by Crippen LogP contribution is -2.40. The SMILES string of the molecule is Cc1cc(NC(=O)[C@@H]2[C@H]3C[C@H]4[C@H](OC(=O)[C@H]42)[C@H]3Br)no1. The van der Waals surface area contributed by atoms with Gasteiger partial charge in [-0.1, -0.05) is 21.1 Å². The fourth-order valence-electron chi connectivity index (χ4n) is 3.97. The van der Waals surface area contributed by atoms with Crippen LogP contribution in [0.4, 0.5) is 5.82 Å². The van der Waals surface area contributed by atoms with Crippen LogP contribution in [0.5, 0.6) is 0 Å². The zero-order chi connectivity index (χ0) is 14.0. The van der Waals surface area contributed by atoms with Crippen molar-refractivity contribution in [2.75, 3.05) is 5.32 Å². The van der Waals surface area contributed by atoms with E-state index in [2.05, 4.69) is 26.4 Å². The number of hydrogen-bond donors (Lipinski definition) is 1. The van der Waals surface area contributed by atoms with Gasteiger partial charge in [-0.3, -0.25) is 9.59 Å². The Morgan fingerprint density at radius 3 is 3.00 bits per heavy atom. The summed E-state index contributed by atoms with van der Waals surface area (Å²) in [4.78, 5) is 24.5. The van der Waals surface area contributed by atoms with Crippen molar-refractivity contribution in [3.8, 4) is 0 Å². The molecule has 1 amide bonds. The topological polar surface area (TPSA) is 81.4 Å². The standard InChI is InChI=1S/C13H13BrN2O4/c1-4-2-7(16-20-4)15-12(17)8-5-3-6-9(8)13(18)19-11(6)10(5)14/h2,5-6,8-11H,3H2,1H3,(H,15,16,17)/t5-,6-,8-,9-,10+,11+/m1/s1. The Bertz CT molecular complexity index is 601. The molecule has 2 aliphatic carbocycles. The molecule has 20 heavy (non-hydrogen) atoms. The average molecular weight is 341 g/mol. The third-order valence-corrected chi connectivity index (χ3v) is 5.91. The number of carbonyl (C=O) groups excluding carboxylic acids is 2. The third kappa shape index (κ3) is 1.52. The van der Waals surface area contributed by atoms with Gasteiger partial charge in [0.2, 0.25) is 5.91 Å². The predicted molar refractivity (Wildman–Crippen MR) is 71.0 cm³/mol. The maximum Gasteiger partial charge on any atom is 0.310 e. The van der Waals surface area contributed by atoms with E-state index in [0.717, 1.165) is 6.42 Å². The lowest BCUT2D eigenvalue weighted by molar-refractivity contribution is -0.145. The van der Waals surface area contributed by atoms with Crippen molar-refractivity contribution >= 4 is 33.6 Å². The van der Waals surface area contributed by atoms with E-state index in [1.165, 1.54) is 0 Å². The molecule has 1 saturated heterocycles. The molecule has 3 fully saturated rings. The normalized spacial score (nSPS) is 41.0. The summed E-state index contributed by atoms with van der Waals surface area (Å²) in [6, 6.07) is 1.66. The molecule has 3 aliphatic rings. The van der Waals surface area contributed by atoms with Gasteiger partial charge in [-0.25, -0.2) is 0 Å². The second kappa shape index (κ2) is 4.07.